The van der Waals surface area contributed by atoms with Gasteiger partial charge in [-0.05, 0) is 55.7 Å². The maximum atomic E-state index is 13.4. The second-order valence-corrected chi connectivity index (χ2v) is 9.61. The highest BCUT2D eigenvalue weighted by atomic mass is 35.5. The highest BCUT2D eigenvalue weighted by Gasteiger charge is 2.37. The number of benzene rings is 2. The van der Waals surface area contributed by atoms with E-state index in [2.05, 4.69) is 5.32 Å². The standard InChI is InChI=1S/C20H19ClF4N2O3S/c1-12-2-3-14(22)10-18(12)26-19(28)13-6-8-27(9-7-13)31(29,30)15-4-5-17(21)16(11-15)20(23,24)25/h2-5,10-11,13H,6-9H2,1H3,(H,26,28). The first-order valence-electron chi connectivity index (χ1n) is 9.33. The Morgan fingerprint density at radius 1 is 1.13 bits per heavy atom. The van der Waals surface area contributed by atoms with Crippen molar-refractivity contribution >= 4 is 33.2 Å². The summed E-state index contributed by atoms with van der Waals surface area (Å²) in [7, 11) is -4.19. The van der Waals surface area contributed by atoms with Crippen molar-refractivity contribution in [3.63, 3.8) is 0 Å². The molecule has 1 amide bonds. The van der Waals surface area contributed by atoms with Crippen molar-refractivity contribution in [1.29, 1.82) is 0 Å². The average molecular weight is 479 g/mol. The van der Waals surface area contributed by atoms with Crippen molar-refractivity contribution in [2.75, 3.05) is 18.4 Å². The first-order chi connectivity index (χ1) is 14.4. The van der Waals surface area contributed by atoms with Crippen LogP contribution in [0.5, 0.6) is 0 Å². The van der Waals surface area contributed by atoms with E-state index >= 15 is 0 Å². The highest BCUT2D eigenvalue weighted by Crippen LogP contribution is 2.37. The van der Waals surface area contributed by atoms with Crippen LogP contribution in [0.1, 0.15) is 24.0 Å². The van der Waals surface area contributed by atoms with Crippen molar-refractivity contribution in [2.45, 2.75) is 30.8 Å². The van der Waals surface area contributed by atoms with Crippen molar-refractivity contribution in [1.82, 2.24) is 4.31 Å². The maximum absolute atomic E-state index is 13.4. The fourth-order valence-corrected chi connectivity index (χ4v) is 5.07. The van der Waals surface area contributed by atoms with Crippen molar-refractivity contribution in [2.24, 2.45) is 5.92 Å². The molecule has 11 heteroatoms. The van der Waals surface area contributed by atoms with Crippen LogP contribution in [0.15, 0.2) is 41.3 Å². The minimum Gasteiger partial charge on any atom is -0.326 e. The van der Waals surface area contributed by atoms with Gasteiger partial charge < -0.3 is 5.32 Å². The second kappa shape index (κ2) is 8.76. The first kappa shape index (κ1) is 23.5. The number of amides is 1. The van der Waals surface area contributed by atoms with Crippen LogP contribution in [-0.2, 0) is 21.0 Å². The van der Waals surface area contributed by atoms with E-state index in [1.54, 1.807) is 6.92 Å². The van der Waals surface area contributed by atoms with Crippen molar-refractivity contribution in [3.05, 3.63) is 58.4 Å². The number of aryl methyl sites for hydroxylation is 1. The zero-order chi connectivity index (χ0) is 23.0. The highest BCUT2D eigenvalue weighted by molar-refractivity contribution is 7.89. The molecule has 3 rings (SSSR count). The van der Waals surface area contributed by atoms with Gasteiger partial charge >= 0.3 is 6.18 Å². The molecule has 1 aliphatic heterocycles. The molecule has 1 saturated heterocycles. The average Bonchev–Trinajstić information content (AvgIpc) is 2.70. The number of anilines is 1. The number of hydrogen-bond donors (Lipinski definition) is 1. The number of hydrogen-bond acceptors (Lipinski definition) is 3. The third-order valence-electron chi connectivity index (χ3n) is 5.16. The molecule has 1 heterocycles. The number of rotatable bonds is 4. The lowest BCUT2D eigenvalue weighted by atomic mass is 9.97. The molecule has 0 bridgehead atoms. The van der Waals surface area contributed by atoms with Gasteiger partial charge in [-0.1, -0.05) is 17.7 Å². The van der Waals surface area contributed by atoms with E-state index in [1.807, 2.05) is 0 Å². The molecule has 2 aromatic carbocycles. The van der Waals surface area contributed by atoms with Crippen LogP contribution in [-0.4, -0.2) is 31.7 Å². The van der Waals surface area contributed by atoms with Crippen LogP contribution in [0.2, 0.25) is 5.02 Å². The smallest absolute Gasteiger partial charge is 0.326 e. The molecule has 0 aliphatic carbocycles. The van der Waals surface area contributed by atoms with Gasteiger partial charge in [0.1, 0.15) is 5.82 Å². The SMILES string of the molecule is Cc1ccc(F)cc1NC(=O)C1CCN(S(=O)(=O)c2ccc(Cl)c(C(F)(F)F)c2)CC1. The summed E-state index contributed by atoms with van der Waals surface area (Å²) >= 11 is 5.56. The molecule has 5 nitrogen and oxygen atoms in total. The van der Waals surface area contributed by atoms with Gasteiger partial charge in [0, 0.05) is 24.7 Å². The minimum absolute atomic E-state index is 0.0352. The zero-order valence-corrected chi connectivity index (χ0v) is 17.9. The molecule has 1 aliphatic rings. The predicted molar refractivity (Wildman–Crippen MR) is 108 cm³/mol. The monoisotopic (exact) mass is 478 g/mol. The molecule has 1 N–H and O–H groups in total. The normalized spacial score (nSPS) is 16.3. The number of piperidine rings is 1. The molecule has 0 atom stereocenters. The summed E-state index contributed by atoms with van der Waals surface area (Å²) in [6.45, 7) is 1.64. The number of alkyl halides is 3. The Bertz CT molecular complexity index is 1100. The third-order valence-corrected chi connectivity index (χ3v) is 7.39. The van der Waals surface area contributed by atoms with Crippen molar-refractivity contribution < 1.29 is 30.8 Å². The molecule has 0 saturated carbocycles. The molecule has 2 aromatic rings. The molecule has 168 valence electrons. The minimum atomic E-state index is -4.79. The molecule has 0 aromatic heterocycles. The number of nitrogens with one attached hydrogen (secondary N) is 1. The molecule has 0 unspecified atom stereocenters. The Labute approximate surface area is 182 Å². The lowest BCUT2D eigenvalue weighted by molar-refractivity contribution is -0.137. The van der Waals surface area contributed by atoms with Gasteiger partial charge in [-0.25, -0.2) is 12.8 Å². The van der Waals surface area contributed by atoms with Crippen molar-refractivity contribution in [3.8, 4) is 0 Å². The number of nitrogens with zero attached hydrogens (tertiary/aromatic N) is 1. The molecule has 0 spiro atoms. The van der Waals surface area contributed by atoms with E-state index in [1.165, 1.54) is 18.2 Å². The van der Waals surface area contributed by atoms with E-state index in [9.17, 15) is 30.8 Å². The quantitative estimate of drug-likeness (QED) is 0.639. The molecular weight excluding hydrogens is 460 g/mol. The fraction of sp³-hybridized carbons (Fsp3) is 0.350. The van der Waals surface area contributed by atoms with E-state index in [0.29, 0.717) is 17.3 Å². The largest absolute Gasteiger partial charge is 0.417 e. The molecule has 31 heavy (non-hydrogen) atoms. The summed E-state index contributed by atoms with van der Waals surface area (Å²) in [5.41, 5.74) is -0.214. The maximum Gasteiger partial charge on any atom is 0.417 e. The number of sulfonamides is 1. The lowest BCUT2D eigenvalue weighted by Gasteiger charge is -2.30. The fourth-order valence-electron chi connectivity index (χ4n) is 3.35. The summed E-state index contributed by atoms with van der Waals surface area (Å²) in [6.07, 6.45) is -4.43. The number of halogens is 5. The van der Waals surface area contributed by atoms with Crippen LogP contribution < -0.4 is 5.32 Å². The van der Waals surface area contributed by atoms with Gasteiger partial charge in [0.15, 0.2) is 0 Å². The summed E-state index contributed by atoms with van der Waals surface area (Å²) in [5, 5.41) is 2.06. The van der Waals surface area contributed by atoms with Crippen LogP contribution in [0, 0.1) is 18.7 Å². The number of carbonyl (C=O) groups is 1. The Hall–Kier alpha value is -2.17. The summed E-state index contributed by atoms with van der Waals surface area (Å²) < 4.78 is 79.3. The van der Waals surface area contributed by atoms with Crippen LogP contribution >= 0.6 is 11.6 Å². The summed E-state index contributed by atoms with van der Waals surface area (Å²) in [4.78, 5) is 12.0. The summed E-state index contributed by atoms with van der Waals surface area (Å²) in [6, 6.07) is 6.45. The Morgan fingerprint density at radius 2 is 1.77 bits per heavy atom. The van der Waals surface area contributed by atoms with Gasteiger partial charge in [-0.2, -0.15) is 17.5 Å². The topological polar surface area (TPSA) is 66.5 Å². The second-order valence-electron chi connectivity index (χ2n) is 7.27. The third kappa shape index (κ3) is 5.19. The predicted octanol–water partition coefficient (Wildman–Crippen LogP) is 4.85. The Balaban J connectivity index is 1.70. The first-order valence-corrected chi connectivity index (χ1v) is 11.2. The lowest BCUT2D eigenvalue weighted by Crippen LogP contribution is -2.41. The van der Waals surface area contributed by atoms with E-state index < -0.39 is 43.4 Å². The van der Waals surface area contributed by atoms with E-state index in [0.717, 1.165) is 16.4 Å². The Morgan fingerprint density at radius 3 is 2.39 bits per heavy atom. The molecule has 1 fully saturated rings. The van der Waals surface area contributed by atoms with Gasteiger partial charge in [-0.3, -0.25) is 4.79 Å². The van der Waals surface area contributed by atoms with Gasteiger partial charge in [-0.15, -0.1) is 0 Å². The van der Waals surface area contributed by atoms with Gasteiger partial charge in [0.25, 0.3) is 0 Å². The van der Waals surface area contributed by atoms with Crippen LogP contribution in [0.25, 0.3) is 0 Å². The van der Waals surface area contributed by atoms with Crippen LogP contribution in [0.3, 0.4) is 0 Å². The van der Waals surface area contributed by atoms with Crippen LogP contribution in [0.4, 0.5) is 23.2 Å². The van der Waals surface area contributed by atoms with E-state index in [-0.39, 0.29) is 31.8 Å². The molecule has 0 radical (unpaired) electrons. The van der Waals surface area contributed by atoms with Gasteiger partial charge in [0.05, 0.1) is 15.5 Å². The molecular formula is C20H19ClF4N2O3S. The number of carbonyl (C=O) groups excluding carboxylic acids is 1. The Kier molecular flexibility index (Phi) is 6.64. The zero-order valence-electron chi connectivity index (χ0n) is 16.3. The van der Waals surface area contributed by atoms with Gasteiger partial charge in [0.2, 0.25) is 15.9 Å². The van der Waals surface area contributed by atoms with E-state index in [4.69, 9.17) is 11.6 Å². The summed E-state index contributed by atoms with van der Waals surface area (Å²) in [5.74, 6) is -1.37.